The SMILES string of the molecule is Cc1cc(CS(=O)(=O)N2CCC(N)C(C)(C)C2)on1.Cl. The fourth-order valence-corrected chi connectivity index (χ4v) is 3.91. The van der Waals surface area contributed by atoms with Crippen LogP contribution in [0.1, 0.15) is 31.7 Å². The quantitative estimate of drug-likeness (QED) is 0.905. The van der Waals surface area contributed by atoms with Crippen LogP contribution in [0.15, 0.2) is 10.6 Å². The van der Waals surface area contributed by atoms with Gasteiger partial charge in [-0.05, 0) is 18.8 Å². The first kappa shape index (κ1) is 17.4. The Labute approximate surface area is 126 Å². The zero-order valence-electron chi connectivity index (χ0n) is 12.0. The predicted molar refractivity (Wildman–Crippen MR) is 79.1 cm³/mol. The Morgan fingerprint density at radius 1 is 1.55 bits per heavy atom. The number of piperidine rings is 1. The third-order valence-electron chi connectivity index (χ3n) is 3.67. The van der Waals surface area contributed by atoms with Crippen LogP contribution in [-0.2, 0) is 15.8 Å². The third kappa shape index (κ3) is 3.72. The second kappa shape index (κ2) is 6.01. The van der Waals surface area contributed by atoms with Gasteiger partial charge in [0, 0.05) is 25.2 Å². The van der Waals surface area contributed by atoms with Gasteiger partial charge in [-0.15, -0.1) is 12.4 Å². The summed E-state index contributed by atoms with van der Waals surface area (Å²) in [5.74, 6) is 0.240. The summed E-state index contributed by atoms with van der Waals surface area (Å²) in [6.45, 7) is 6.68. The van der Waals surface area contributed by atoms with E-state index in [2.05, 4.69) is 5.16 Å². The van der Waals surface area contributed by atoms with Gasteiger partial charge in [0.2, 0.25) is 10.0 Å². The molecule has 0 aromatic carbocycles. The van der Waals surface area contributed by atoms with Crippen molar-refractivity contribution in [2.75, 3.05) is 13.1 Å². The molecule has 2 heterocycles. The topological polar surface area (TPSA) is 89.4 Å². The summed E-state index contributed by atoms with van der Waals surface area (Å²) in [5.41, 5.74) is 6.50. The van der Waals surface area contributed by atoms with E-state index < -0.39 is 10.0 Å². The molecule has 6 nitrogen and oxygen atoms in total. The van der Waals surface area contributed by atoms with E-state index in [1.165, 1.54) is 4.31 Å². The van der Waals surface area contributed by atoms with Crippen molar-refractivity contribution in [1.82, 2.24) is 9.46 Å². The normalized spacial score (nSPS) is 23.3. The minimum Gasteiger partial charge on any atom is -0.360 e. The summed E-state index contributed by atoms with van der Waals surface area (Å²) < 4.78 is 31.2. The number of nitrogens with zero attached hydrogens (tertiary/aromatic N) is 2. The molecule has 1 aliphatic heterocycles. The molecule has 0 saturated carbocycles. The van der Waals surface area contributed by atoms with Crippen LogP contribution in [0, 0.1) is 12.3 Å². The molecule has 116 valence electrons. The average molecular weight is 324 g/mol. The Balaban J connectivity index is 0.00000200. The number of aromatic nitrogens is 1. The van der Waals surface area contributed by atoms with Crippen molar-refractivity contribution in [3.8, 4) is 0 Å². The smallest absolute Gasteiger partial charge is 0.221 e. The molecule has 1 saturated heterocycles. The molecule has 0 amide bonds. The molecule has 0 bridgehead atoms. The zero-order chi connectivity index (χ0) is 14.3. The minimum absolute atomic E-state index is 0. The Morgan fingerprint density at radius 2 is 2.20 bits per heavy atom. The van der Waals surface area contributed by atoms with E-state index in [9.17, 15) is 8.42 Å². The molecular formula is C12H22ClN3O3S. The zero-order valence-corrected chi connectivity index (χ0v) is 13.6. The third-order valence-corrected chi connectivity index (χ3v) is 5.42. The lowest BCUT2D eigenvalue weighted by Crippen LogP contribution is -2.54. The van der Waals surface area contributed by atoms with E-state index in [1.807, 2.05) is 13.8 Å². The Kier molecular flexibility index (Phi) is 5.23. The molecule has 0 radical (unpaired) electrons. The summed E-state index contributed by atoms with van der Waals surface area (Å²) >= 11 is 0. The van der Waals surface area contributed by atoms with Gasteiger partial charge in [0.05, 0.1) is 5.69 Å². The summed E-state index contributed by atoms with van der Waals surface area (Å²) in [4.78, 5) is 0. The summed E-state index contributed by atoms with van der Waals surface area (Å²) in [7, 11) is -3.37. The maximum atomic E-state index is 12.4. The second-order valence-corrected chi connectivity index (χ2v) is 7.88. The van der Waals surface area contributed by atoms with Crippen molar-refractivity contribution >= 4 is 22.4 Å². The number of hydrogen-bond acceptors (Lipinski definition) is 5. The van der Waals surface area contributed by atoms with Crippen molar-refractivity contribution in [3.63, 3.8) is 0 Å². The van der Waals surface area contributed by atoms with Crippen molar-refractivity contribution in [3.05, 3.63) is 17.5 Å². The summed E-state index contributed by atoms with van der Waals surface area (Å²) in [6.07, 6.45) is 0.682. The van der Waals surface area contributed by atoms with Gasteiger partial charge >= 0.3 is 0 Å². The maximum absolute atomic E-state index is 12.4. The largest absolute Gasteiger partial charge is 0.360 e. The van der Waals surface area contributed by atoms with Crippen molar-refractivity contribution < 1.29 is 12.9 Å². The van der Waals surface area contributed by atoms with Gasteiger partial charge in [-0.2, -0.15) is 0 Å². The molecule has 1 unspecified atom stereocenters. The molecule has 1 aromatic heterocycles. The number of rotatable bonds is 3. The molecule has 8 heteroatoms. The Bertz CT molecular complexity index is 556. The van der Waals surface area contributed by atoms with Gasteiger partial charge < -0.3 is 10.3 Å². The second-order valence-electron chi connectivity index (χ2n) is 5.91. The van der Waals surface area contributed by atoms with Crippen LogP contribution < -0.4 is 5.73 Å². The van der Waals surface area contributed by atoms with Gasteiger partial charge in [-0.25, -0.2) is 12.7 Å². The monoisotopic (exact) mass is 323 g/mol. The highest BCUT2D eigenvalue weighted by molar-refractivity contribution is 7.88. The number of aryl methyl sites for hydroxylation is 1. The maximum Gasteiger partial charge on any atom is 0.221 e. The van der Waals surface area contributed by atoms with Gasteiger partial charge in [0.25, 0.3) is 0 Å². The van der Waals surface area contributed by atoms with E-state index in [0.29, 0.717) is 31.0 Å². The van der Waals surface area contributed by atoms with Crippen LogP contribution in [-0.4, -0.2) is 37.0 Å². The molecule has 1 aromatic rings. The van der Waals surface area contributed by atoms with Gasteiger partial charge in [-0.1, -0.05) is 19.0 Å². The van der Waals surface area contributed by atoms with E-state index >= 15 is 0 Å². The first-order valence-corrected chi connectivity index (χ1v) is 7.97. The Morgan fingerprint density at radius 3 is 2.70 bits per heavy atom. The standard InChI is InChI=1S/C12H21N3O3S.ClH/c1-9-6-10(18-14-9)7-19(16,17)15-5-4-11(13)12(2,3)8-15;/h6,11H,4-5,7-8,13H2,1-3H3;1H. The number of sulfonamides is 1. The lowest BCUT2D eigenvalue weighted by atomic mass is 9.81. The van der Waals surface area contributed by atoms with Crippen LogP contribution in [0.2, 0.25) is 0 Å². The highest BCUT2D eigenvalue weighted by Gasteiger charge is 2.38. The van der Waals surface area contributed by atoms with E-state index in [-0.39, 0.29) is 29.6 Å². The molecule has 1 aliphatic rings. The summed E-state index contributed by atoms with van der Waals surface area (Å²) in [5, 5.41) is 3.71. The van der Waals surface area contributed by atoms with E-state index in [0.717, 1.165) is 0 Å². The van der Waals surface area contributed by atoms with Crippen LogP contribution in [0.4, 0.5) is 0 Å². The average Bonchev–Trinajstić information content (AvgIpc) is 2.67. The molecule has 0 aliphatic carbocycles. The lowest BCUT2D eigenvalue weighted by molar-refractivity contribution is 0.155. The van der Waals surface area contributed by atoms with E-state index in [4.69, 9.17) is 10.3 Å². The van der Waals surface area contributed by atoms with Crippen LogP contribution in [0.5, 0.6) is 0 Å². The van der Waals surface area contributed by atoms with E-state index in [1.54, 1.807) is 13.0 Å². The lowest BCUT2D eigenvalue weighted by Gasteiger charge is -2.41. The van der Waals surface area contributed by atoms with Gasteiger partial charge in [0.15, 0.2) is 5.76 Å². The highest BCUT2D eigenvalue weighted by atomic mass is 35.5. The van der Waals surface area contributed by atoms with Crippen molar-refractivity contribution in [2.24, 2.45) is 11.1 Å². The molecular weight excluding hydrogens is 302 g/mol. The van der Waals surface area contributed by atoms with Gasteiger partial charge in [-0.3, -0.25) is 0 Å². The van der Waals surface area contributed by atoms with Crippen LogP contribution in [0.25, 0.3) is 0 Å². The molecule has 1 atom stereocenters. The predicted octanol–water partition coefficient (Wildman–Crippen LogP) is 1.29. The molecule has 20 heavy (non-hydrogen) atoms. The van der Waals surface area contributed by atoms with Gasteiger partial charge in [0.1, 0.15) is 5.75 Å². The molecule has 0 spiro atoms. The van der Waals surface area contributed by atoms with Crippen LogP contribution in [0.3, 0.4) is 0 Å². The Hall–Kier alpha value is -0.630. The molecule has 2 N–H and O–H groups in total. The molecule has 2 rings (SSSR count). The first-order valence-electron chi connectivity index (χ1n) is 6.36. The summed E-state index contributed by atoms with van der Waals surface area (Å²) in [6, 6.07) is 1.68. The highest BCUT2D eigenvalue weighted by Crippen LogP contribution is 2.30. The van der Waals surface area contributed by atoms with Crippen LogP contribution >= 0.6 is 12.4 Å². The number of hydrogen-bond donors (Lipinski definition) is 1. The minimum atomic E-state index is -3.37. The fourth-order valence-electron chi connectivity index (χ4n) is 2.32. The van der Waals surface area contributed by atoms with Crippen molar-refractivity contribution in [2.45, 2.75) is 39.0 Å². The fraction of sp³-hybridized carbons (Fsp3) is 0.750. The number of nitrogens with two attached hydrogens (primary N) is 1. The van der Waals surface area contributed by atoms with Crippen molar-refractivity contribution in [1.29, 1.82) is 0 Å². The molecule has 1 fully saturated rings. The number of halogens is 1. The first-order chi connectivity index (χ1) is 8.71.